The predicted molar refractivity (Wildman–Crippen MR) is 95.5 cm³/mol. The Morgan fingerprint density at radius 3 is 2.92 bits per heavy atom. The van der Waals surface area contributed by atoms with E-state index in [1.165, 1.54) is 0 Å². The molecule has 0 aliphatic carbocycles. The first-order valence-corrected chi connectivity index (χ1v) is 8.41. The highest BCUT2D eigenvalue weighted by Gasteiger charge is 2.14. The minimum atomic E-state index is -0.224. The van der Waals surface area contributed by atoms with Crippen molar-refractivity contribution in [2.75, 3.05) is 32.4 Å². The number of rotatable bonds is 8. The molecule has 1 aromatic carbocycles. The van der Waals surface area contributed by atoms with Gasteiger partial charge in [0.25, 0.3) is 5.91 Å². The fourth-order valence-corrected chi connectivity index (χ4v) is 2.53. The van der Waals surface area contributed by atoms with Crippen molar-refractivity contribution in [3.05, 3.63) is 41.3 Å². The summed E-state index contributed by atoms with van der Waals surface area (Å²) in [5.41, 5.74) is 1.36. The molecule has 8 heteroatoms. The topological polar surface area (TPSA) is 94.6 Å². The summed E-state index contributed by atoms with van der Waals surface area (Å²) in [6, 6.07) is 7.40. The molecule has 0 saturated heterocycles. The van der Waals surface area contributed by atoms with Crippen LogP contribution in [0.3, 0.4) is 0 Å². The molecule has 138 valence electrons. The summed E-state index contributed by atoms with van der Waals surface area (Å²) in [5.74, 6) is 2.39. The molecule has 0 radical (unpaired) electrons. The van der Waals surface area contributed by atoms with E-state index in [9.17, 15) is 4.79 Å². The van der Waals surface area contributed by atoms with E-state index in [1.807, 2.05) is 18.2 Å². The maximum atomic E-state index is 12.2. The van der Waals surface area contributed by atoms with E-state index in [1.54, 1.807) is 20.1 Å². The van der Waals surface area contributed by atoms with Crippen molar-refractivity contribution in [1.29, 1.82) is 0 Å². The van der Waals surface area contributed by atoms with Crippen molar-refractivity contribution < 1.29 is 19.0 Å². The van der Waals surface area contributed by atoms with Crippen LogP contribution in [0.4, 0.5) is 5.82 Å². The second kappa shape index (κ2) is 8.48. The number of ether oxygens (including phenoxy) is 3. The van der Waals surface area contributed by atoms with Crippen LogP contribution in [-0.4, -0.2) is 42.9 Å². The van der Waals surface area contributed by atoms with Gasteiger partial charge in [-0.3, -0.25) is 4.79 Å². The molecule has 1 aliphatic heterocycles. The number of hydrogen-bond donors (Lipinski definition) is 2. The van der Waals surface area contributed by atoms with Crippen molar-refractivity contribution in [3.8, 4) is 11.5 Å². The Morgan fingerprint density at radius 1 is 1.23 bits per heavy atom. The molecule has 2 heterocycles. The van der Waals surface area contributed by atoms with E-state index in [0.29, 0.717) is 37.0 Å². The molecule has 1 aliphatic rings. The van der Waals surface area contributed by atoms with Gasteiger partial charge in [0, 0.05) is 32.9 Å². The Hall–Kier alpha value is -2.87. The Kier molecular flexibility index (Phi) is 5.85. The van der Waals surface area contributed by atoms with E-state index in [4.69, 9.17) is 14.2 Å². The van der Waals surface area contributed by atoms with E-state index < -0.39 is 0 Å². The van der Waals surface area contributed by atoms with Gasteiger partial charge in [0.15, 0.2) is 11.5 Å². The summed E-state index contributed by atoms with van der Waals surface area (Å²) in [6.07, 6.45) is 0.752. The summed E-state index contributed by atoms with van der Waals surface area (Å²) in [6.45, 7) is 3.69. The van der Waals surface area contributed by atoms with E-state index in [0.717, 1.165) is 23.5 Å². The molecule has 0 saturated carbocycles. The maximum Gasteiger partial charge on any atom is 0.270 e. The number of carbonyl (C=O) groups excluding carboxylic acids is 1. The molecular formula is C18H22N4O4. The van der Waals surface area contributed by atoms with Crippen molar-refractivity contribution in [1.82, 2.24) is 15.3 Å². The number of aromatic nitrogens is 2. The van der Waals surface area contributed by atoms with Gasteiger partial charge < -0.3 is 24.8 Å². The second-order valence-electron chi connectivity index (χ2n) is 5.83. The maximum absolute atomic E-state index is 12.2. The highest BCUT2D eigenvalue weighted by Crippen LogP contribution is 2.32. The van der Waals surface area contributed by atoms with Crippen LogP contribution in [0.15, 0.2) is 24.3 Å². The first-order chi connectivity index (χ1) is 12.7. The van der Waals surface area contributed by atoms with Crippen LogP contribution in [0.25, 0.3) is 0 Å². The van der Waals surface area contributed by atoms with Gasteiger partial charge in [-0.1, -0.05) is 6.07 Å². The predicted octanol–water partition coefficient (Wildman–Crippen LogP) is 1.89. The SMILES string of the molecule is COCCCNC(=O)c1cc(NCc2ccc3c(c2)OCO3)nc(C)n1. The molecule has 1 amide bonds. The summed E-state index contributed by atoms with van der Waals surface area (Å²) < 4.78 is 15.6. The normalized spacial score (nSPS) is 12.1. The molecule has 0 unspecified atom stereocenters. The molecule has 8 nitrogen and oxygen atoms in total. The lowest BCUT2D eigenvalue weighted by molar-refractivity contribution is 0.0943. The van der Waals surface area contributed by atoms with Crippen LogP contribution >= 0.6 is 0 Å². The Bertz CT molecular complexity index is 782. The average Bonchev–Trinajstić information content (AvgIpc) is 3.11. The van der Waals surface area contributed by atoms with Crippen LogP contribution in [0.1, 0.15) is 28.3 Å². The number of benzene rings is 1. The summed E-state index contributed by atoms with van der Waals surface area (Å²) >= 11 is 0. The standard InChI is InChI=1S/C18H22N4O4/c1-12-21-14(18(23)19-6-3-7-24-2)9-17(22-12)20-10-13-4-5-15-16(8-13)26-11-25-15/h4-5,8-9H,3,6-7,10-11H2,1-2H3,(H,19,23)(H,20,21,22). The molecule has 0 spiro atoms. The first-order valence-electron chi connectivity index (χ1n) is 8.41. The molecule has 0 bridgehead atoms. The zero-order valence-corrected chi connectivity index (χ0v) is 14.9. The zero-order chi connectivity index (χ0) is 18.4. The van der Waals surface area contributed by atoms with Crippen LogP contribution in [-0.2, 0) is 11.3 Å². The van der Waals surface area contributed by atoms with Crippen LogP contribution in [0.2, 0.25) is 0 Å². The van der Waals surface area contributed by atoms with Gasteiger partial charge in [-0.05, 0) is 31.0 Å². The number of fused-ring (bicyclic) bond motifs is 1. The second-order valence-corrected chi connectivity index (χ2v) is 5.83. The van der Waals surface area contributed by atoms with Gasteiger partial charge in [-0.25, -0.2) is 9.97 Å². The van der Waals surface area contributed by atoms with Gasteiger partial charge in [0.2, 0.25) is 6.79 Å². The Morgan fingerprint density at radius 2 is 2.08 bits per heavy atom. The number of nitrogens with one attached hydrogen (secondary N) is 2. The molecule has 2 N–H and O–H groups in total. The van der Waals surface area contributed by atoms with E-state index in [2.05, 4.69) is 20.6 Å². The molecule has 0 fully saturated rings. The summed E-state index contributed by atoms with van der Waals surface area (Å²) in [7, 11) is 1.63. The minimum absolute atomic E-state index is 0.224. The van der Waals surface area contributed by atoms with Crippen molar-refractivity contribution in [2.24, 2.45) is 0 Å². The molecule has 1 aromatic heterocycles. The van der Waals surface area contributed by atoms with Crippen molar-refractivity contribution in [3.63, 3.8) is 0 Å². The average molecular weight is 358 g/mol. The van der Waals surface area contributed by atoms with Gasteiger partial charge in [0.05, 0.1) is 0 Å². The third-order valence-electron chi connectivity index (χ3n) is 3.79. The number of hydrogen-bond acceptors (Lipinski definition) is 7. The number of nitrogens with zero attached hydrogens (tertiary/aromatic N) is 2. The lowest BCUT2D eigenvalue weighted by Crippen LogP contribution is -2.26. The molecule has 3 rings (SSSR count). The highest BCUT2D eigenvalue weighted by atomic mass is 16.7. The van der Waals surface area contributed by atoms with Crippen molar-refractivity contribution >= 4 is 11.7 Å². The van der Waals surface area contributed by atoms with Gasteiger partial charge >= 0.3 is 0 Å². The lowest BCUT2D eigenvalue weighted by Gasteiger charge is -2.10. The smallest absolute Gasteiger partial charge is 0.270 e. The Balaban J connectivity index is 1.61. The largest absolute Gasteiger partial charge is 0.454 e. The summed E-state index contributed by atoms with van der Waals surface area (Å²) in [4.78, 5) is 20.8. The van der Waals surface area contributed by atoms with Gasteiger partial charge in [-0.2, -0.15) is 0 Å². The summed E-state index contributed by atoms with van der Waals surface area (Å²) in [5, 5.41) is 6.04. The minimum Gasteiger partial charge on any atom is -0.454 e. The van der Waals surface area contributed by atoms with Crippen LogP contribution in [0, 0.1) is 6.92 Å². The molecular weight excluding hydrogens is 336 g/mol. The van der Waals surface area contributed by atoms with Gasteiger partial charge in [0.1, 0.15) is 17.3 Å². The lowest BCUT2D eigenvalue weighted by atomic mass is 10.2. The number of methoxy groups -OCH3 is 1. The quantitative estimate of drug-likeness (QED) is 0.696. The van der Waals surface area contributed by atoms with E-state index >= 15 is 0 Å². The fourth-order valence-electron chi connectivity index (χ4n) is 2.53. The first kappa shape index (κ1) is 17.9. The monoisotopic (exact) mass is 358 g/mol. The fraction of sp³-hybridized carbons (Fsp3) is 0.389. The van der Waals surface area contributed by atoms with Gasteiger partial charge in [-0.15, -0.1) is 0 Å². The number of aryl methyl sites for hydroxylation is 1. The third-order valence-corrected chi connectivity index (χ3v) is 3.79. The number of amides is 1. The third kappa shape index (κ3) is 4.60. The Labute approximate surface area is 151 Å². The number of carbonyl (C=O) groups is 1. The molecule has 2 aromatic rings. The molecule has 0 atom stereocenters. The zero-order valence-electron chi connectivity index (χ0n) is 14.9. The van der Waals surface area contributed by atoms with E-state index in [-0.39, 0.29) is 12.7 Å². The molecule has 26 heavy (non-hydrogen) atoms. The highest BCUT2D eigenvalue weighted by molar-refractivity contribution is 5.92. The van der Waals surface area contributed by atoms with Crippen LogP contribution < -0.4 is 20.1 Å². The van der Waals surface area contributed by atoms with Crippen molar-refractivity contribution in [2.45, 2.75) is 19.9 Å². The number of anilines is 1. The van der Waals surface area contributed by atoms with Crippen LogP contribution in [0.5, 0.6) is 11.5 Å².